The highest BCUT2D eigenvalue weighted by atomic mass is 16.5. The number of morpholine rings is 1. The number of fused-ring (bicyclic) bond motifs is 1. The molecule has 2 aromatic carbocycles. The minimum absolute atomic E-state index is 0.177. The summed E-state index contributed by atoms with van der Waals surface area (Å²) < 4.78 is 12.9. The van der Waals surface area contributed by atoms with Crippen molar-refractivity contribution < 1.29 is 14.3 Å². The zero-order chi connectivity index (χ0) is 21.8. The maximum Gasteiger partial charge on any atom is 0.272 e. The van der Waals surface area contributed by atoms with Crippen molar-refractivity contribution in [3.05, 3.63) is 58.8 Å². The molecule has 1 N–H and O–H groups in total. The Hall–Kier alpha value is -2.90. The Morgan fingerprint density at radius 1 is 1.16 bits per heavy atom. The first-order valence-electron chi connectivity index (χ1n) is 10.7. The minimum atomic E-state index is -0.177. The standard InChI is InChI=1S/C24H30N4O3/c1-17-7-8-19(18(2)15-17)16-25-24(29)22-20-5-4-6-21(30-3)23(20)28(26-22)10-9-27-11-13-31-14-12-27/h4-8,15H,9-14,16H2,1-3H3,(H,25,29). The van der Waals surface area contributed by atoms with Gasteiger partial charge in [0.05, 0.1) is 26.9 Å². The lowest BCUT2D eigenvalue weighted by Gasteiger charge is -2.26. The van der Waals surface area contributed by atoms with E-state index in [0.717, 1.165) is 55.1 Å². The molecule has 31 heavy (non-hydrogen) atoms. The average molecular weight is 423 g/mol. The van der Waals surface area contributed by atoms with E-state index in [-0.39, 0.29) is 5.91 Å². The Kier molecular flexibility index (Phi) is 6.53. The van der Waals surface area contributed by atoms with Gasteiger partial charge in [-0.1, -0.05) is 35.9 Å². The summed E-state index contributed by atoms with van der Waals surface area (Å²) in [6.07, 6.45) is 0. The number of hydrogen-bond acceptors (Lipinski definition) is 5. The summed E-state index contributed by atoms with van der Waals surface area (Å²) in [7, 11) is 1.65. The third kappa shape index (κ3) is 4.73. The molecule has 0 spiro atoms. The highest BCUT2D eigenvalue weighted by molar-refractivity contribution is 6.06. The lowest BCUT2D eigenvalue weighted by molar-refractivity contribution is 0.0361. The summed E-state index contributed by atoms with van der Waals surface area (Å²) in [6.45, 7) is 9.48. The number of aryl methyl sites for hydroxylation is 2. The first-order valence-corrected chi connectivity index (χ1v) is 10.7. The van der Waals surface area contributed by atoms with Crippen LogP contribution in [0.3, 0.4) is 0 Å². The molecule has 0 aliphatic carbocycles. The van der Waals surface area contributed by atoms with Crippen LogP contribution in [0.15, 0.2) is 36.4 Å². The number of benzene rings is 2. The van der Waals surface area contributed by atoms with Gasteiger partial charge in [-0.05, 0) is 31.0 Å². The molecule has 4 rings (SSSR count). The fourth-order valence-corrected chi connectivity index (χ4v) is 4.06. The molecule has 0 unspecified atom stereocenters. The molecule has 3 aromatic rings. The first-order chi connectivity index (χ1) is 15.1. The van der Waals surface area contributed by atoms with Gasteiger partial charge in [0.2, 0.25) is 0 Å². The number of methoxy groups -OCH3 is 1. The third-order valence-electron chi connectivity index (χ3n) is 5.84. The van der Waals surface area contributed by atoms with E-state index in [9.17, 15) is 4.79 Å². The molecular weight excluding hydrogens is 392 g/mol. The van der Waals surface area contributed by atoms with E-state index < -0.39 is 0 Å². The molecular formula is C24H30N4O3. The van der Waals surface area contributed by atoms with E-state index in [0.29, 0.717) is 18.8 Å². The fraction of sp³-hybridized carbons (Fsp3) is 0.417. The summed E-state index contributed by atoms with van der Waals surface area (Å²) in [4.78, 5) is 15.4. The molecule has 1 fully saturated rings. The van der Waals surface area contributed by atoms with Crippen molar-refractivity contribution in [3.63, 3.8) is 0 Å². The number of para-hydroxylation sites is 1. The molecule has 2 heterocycles. The molecule has 1 aliphatic rings. The third-order valence-corrected chi connectivity index (χ3v) is 5.84. The highest BCUT2D eigenvalue weighted by Gasteiger charge is 2.21. The van der Waals surface area contributed by atoms with Gasteiger partial charge in [0, 0.05) is 31.6 Å². The van der Waals surface area contributed by atoms with Gasteiger partial charge in [-0.25, -0.2) is 0 Å². The van der Waals surface area contributed by atoms with E-state index in [1.165, 1.54) is 11.1 Å². The molecule has 1 amide bonds. The van der Waals surface area contributed by atoms with Crippen LogP contribution in [0.1, 0.15) is 27.2 Å². The van der Waals surface area contributed by atoms with Crippen LogP contribution in [0.4, 0.5) is 0 Å². The molecule has 1 aliphatic heterocycles. The van der Waals surface area contributed by atoms with Gasteiger partial charge in [-0.3, -0.25) is 14.4 Å². The van der Waals surface area contributed by atoms with Crippen molar-refractivity contribution in [3.8, 4) is 5.75 Å². The van der Waals surface area contributed by atoms with E-state index in [4.69, 9.17) is 14.6 Å². The van der Waals surface area contributed by atoms with Gasteiger partial charge in [0.1, 0.15) is 11.3 Å². The van der Waals surface area contributed by atoms with Crippen molar-refractivity contribution >= 4 is 16.8 Å². The zero-order valence-corrected chi connectivity index (χ0v) is 18.5. The van der Waals surface area contributed by atoms with E-state index in [2.05, 4.69) is 42.3 Å². The minimum Gasteiger partial charge on any atom is -0.494 e. The molecule has 0 bridgehead atoms. The van der Waals surface area contributed by atoms with E-state index in [1.807, 2.05) is 22.9 Å². The maximum atomic E-state index is 13.1. The number of amides is 1. The van der Waals surface area contributed by atoms with Gasteiger partial charge in [0.25, 0.3) is 5.91 Å². The Morgan fingerprint density at radius 3 is 2.71 bits per heavy atom. The number of carbonyl (C=O) groups is 1. The van der Waals surface area contributed by atoms with Crippen LogP contribution < -0.4 is 10.1 Å². The maximum absolute atomic E-state index is 13.1. The van der Waals surface area contributed by atoms with Crippen molar-refractivity contribution in [2.75, 3.05) is 40.0 Å². The summed E-state index contributed by atoms with van der Waals surface area (Å²) in [5.74, 6) is 0.545. The van der Waals surface area contributed by atoms with Crippen LogP contribution >= 0.6 is 0 Å². The number of ether oxygens (including phenoxy) is 2. The van der Waals surface area contributed by atoms with E-state index in [1.54, 1.807) is 7.11 Å². The molecule has 0 radical (unpaired) electrons. The SMILES string of the molecule is COc1cccc2c(C(=O)NCc3ccc(C)cc3C)nn(CCN3CCOCC3)c12. The number of nitrogens with one attached hydrogen (secondary N) is 1. The second-order valence-corrected chi connectivity index (χ2v) is 7.99. The van der Waals surface area contributed by atoms with E-state index >= 15 is 0 Å². The zero-order valence-electron chi connectivity index (χ0n) is 18.5. The van der Waals surface area contributed by atoms with Crippen molar-refractivity contribution in [2.24, 2.45) is 0 Å². The smallest absolute Gasteiger partial charge is 0.272 e. The summed E-state index contributed by atoms with van der Waals surface area (Å²) in [5.41, 5.74) is 4.77. The van der Waals surface area contributed by atoms with Crippen molar-refractivity contribution in [2.45, 2.75) is 26.9 Å². The summed E-state index contributed by atoms with van der Waals surface area (Å²) >= 11 is 0. The summed E-state index contributed by atoms with van der Waals surface area (Å²) in [5, 5.41) is 8.54. The second-order valence-electron chi connectivity index (χ2n) is 7.99. The van der Waals surface area contributed by atoms with Gasteiger partial charge in [-0.15, -0.1) is 0 Å². The predicted octanol–water partition coefficient (Wildman–Crippen LogP) is 2.92. The Morgan fingerprint density at radius 2 is 1.97 bits per heavy atom. The Labute approximate surface area is 182 Å². The largest absolute Gasteiger partial charge is 0.494 e. The van der Waals surface area contributed by atoms with Crippen LogP contribution in [-0.4, -0.2) is 60.5 Å². The van der Waals surface area contributed by atoms with Gasteiger partial charge in [-0.2, -0.15) is 5.10 Å². The second kappa shape index (κ2) is 9.49. The van der Waals surface area contributed by atoms with Gasteiger partial charge >= 0.3 is 0 Å². The molecule has 164 valence electrons. The first kappa shape index (κ1) is 21.3. The molecule has 7 heteroatoms. The normalized spacial score (nSPS) is 14.7. The number of rotatable bonds is 7. The Balaban J connectivity index is 1.57. The van der Waals surface area contributed by atoms with Crippen molar-refractivity contribution in [1.82, 2.24) is 20.0 Å². The molecule has 0 saturated carbocycles. The van der Waals surface area contributed by atoms with Crippen molar-refractivity contribution in [1.29, 1.82) is 0 Å². The van der Waals surface area contributed by atoms with Gasteiger partial charge in [0.15, 0.2) is 5.69 Å². The fourth-order valence-electron chi connectivity index (χ4n) is 4.06. The van der Waals surface area contributed by atoms with Crippen LogP contribution in [-0.2, 0) is 17.8 Å². The number of aromatic nitrogens is 2. The van der Waals surface area contributed by atoms with Crippen LogP contribution in [0, 0.1) is 13.8 Å². The lowest BCUT2D eigenvalue weighted by atomic mass is 10.1. The summed E-state index contributed by atoms with van der Waals surface area (Å²) in [6, 6.07) is 12.0. The number of hydrogen-bond donors (Lipinski definition) is 1. The predicted molar refractivity (Wildman–Crippen MR) is 121 cm³/mol. The van der Waals surface area contributed by atoms with Crippen LogP contribution in [0.2, 0.25) is 0 Å². The number of nitrogens with zero attached hydrogens (tertiary/aromatic N) is 3. The van der Waals surface area contributed by atoms with Crippen LogP contribution in [0.5, 0.6) is 5.75 Å². The molecule has 1 saturated heterocycles. The topological polar surface area (TPSA) is 68.6 Å². The molecule has 7 nitrogen and oxygen atoms in total. The number of carbonyl (C=O) groups excluding carboxylic acids is 1. The monoisotopic (exact) mass is 422 g/mol. The molecule has 0 atom stereocenters. The van der Waals surface area contributed by atoms with Crippen LogP contribution in [0.25, 0.3) is 10.9 Å². The average Bonchev–Trinajstić information content (AvgIpc) is 3.16. The Bertz CT molecular complexity index is 1070. The van der Waals surface area contributed by atoms with Gasteiger partial charge < -0.3 is 14.8 Å². The highest BCUT2D eigenvalue weighted by Crippen LogP contribution is 2.28. The lowest BCUT2D eigenvalue weighted by Crippen LogP contribution is -2.38. The molecule has 1 aromatic heterocycles. The quantitative estimate of drug-likeness (QED) is 0.634.